The summed E-state index contributed by atoms with van der Waals surface area (Å²) in [5.41, 5.74) is 0. The highest BCUT2D eigenvalue weighted by Crippen LogP contribution is 2.15. The topological polar surface area (TPSA) is 102 Å². The predicted octanol–water partition coefficient (Wildman–Crippen LogP) is 10.1. The zero-order valence-electron chi connectivity index (χ0n) is 35.1. The number of quaternary nitrogens is 1. The molecular weight excluding hydrogens is 679 g/mol. The summed E-state index contributed by atoms with van der Waals surface area (Å²) in [5, 5.41) is 11.6. The molecule has 2 atom stereocenters. The lowest BCUT2D eigenvalue weighted by Gasteiger charge is -2.34. The fourth-order valence-corrected chi connectivity index (χ4v) is 5.94. The van der Waals surface area contributed by atoms with E-state index < -0.39 is 24.1 Å². The van der Waals surface area contributed by atoms with Gasteiger partial charge in [0.1, 0.15) is 12.6 Å². The minimum absolute atomic E-state index is 0.00344. The molecule has 0 aliphatic rings. The molecule has 0 radical (unpaired) electrons. The minimum atomic E-state index is -1.14. The normalized spacial score (nSPS) is 13.6. The van der Waals surface area contributed by atoms with Crippen LogP contribution in [0.3, 0.4) is 0 Å². The van der Waals surface area contributed by atoms with Crippen LogP contribution < -0.4 is 5.11 Å². The highest BCUT2D eigenvalue weighted by molar-refractivity contribution is 5.71. The number of carboxylic acids is 1. The standard InChI is InChI=1S/C46H79NO7/c1-6-8-10-12-14-16-17-18-19-20-21-22-23-24-25-26-27-29-30-32-34-36-44(48)53-41-42(40-52-39-38-43(46(50)51)47(3,4)5)54-45(49)37-35-33-31-28-15-13-11-9-7-2/h8-11,14-16,28,33,35,42-43H,6-7,12-13,17-27,29-32,34,36-41H2,1-5H3/b10-8+,11-9+,16-14+,28-15+,35-33+. The summed E-state index contributed by atoms with van der Waals surface area (Å²) in [5.74, 6) is -1.89. The summed E-state index contributed by atoms with van der Waals surface area (Å²) in [6.45, 7) is 4.32. The Morgan fingerprint density at radius 1 is 0.574 bits per heavy atom. The van der Waals surface area contributed by atoms with Gasteiger partial charge in [0.2, 0.25) is 0 Å². The number of allylic oxidation sites excluding steroid dienone is 9. The van der Waals surface area contributed by atoms with Gasteiger partial charge in [-0.1, -0.05) is 152 Å². The SMILES string of the molecule is CC/C=C/C/C=C/C/C=C/CC(=O)OC(COCCC(C(=O)[O-])[N+](C)(C)C)COC(=O)CCCCCCCCCCCCCCCC/C=C/C/C=C/CC. The lowest BCUT2D eigenvalue weighted by molar-refractivity contribution is -0.889. The van der Waals surface area contributed by atoms with Gasteiger partial charge in [0.25, 0.3) is 0 Å². The van der Waals surface area contributed by atoms with Crippen LogP contribution in [0.2, 0.25) is 0 Å². The molecule has 8 heteroatoms. The third kappa shape index (κ3) is 34.8. The van der Waals surface area contributed by atoms with E-state index in [0.717, 1.165) is 51.4 Å². The number of ether oxygens (including phenoxy) is 3. The van der Waals surface area contributed by atoms with Crippen LogP contribution in [-0.2, 0) is 28.6 Å². The van der Waals surface area contributed by atoms with Crippen LogP contribution >= 0.6 is 0 Å². The number of aliphatic carboxylic acids is 1. The molecule has 0 N–H and O–H groups in total. The zero-order valence-corrected chi connectivity index (χ0v) is 35.1. The Morgan fingerprint density at radius 3 is 1.54 bits per heavy atom. The van der Waals surface area contributed by atoms with Crippen LogP contribution in [-0.4, -0.2) is 75.5 Å². The molecule has 0 spiro atoms. The molecule has 0 bridgehead atoms. The first-order valence-electron chi connectivity index (χ1n) is 21.3. The summed E-state index contributed by atoms with van der Waals surface area (Å²) in [6, 6.07) is -0.739. The first-order chi connectivity index (χ1) is 26.1. The van der Waals surface area contributed by atoms with Crippen LogP contribution in [0.5, 0.6) is 0 Å². The lowest BCUT2D eigenvalue weighted by atomic mass is 10.0. The number of carbonyl (C=O) groups excluding carboxylic acids is 3. The average molecular weight is 758 g/mol. The van der Waals surface area contributed by atoms with E-state index in [4.69, 9.17) is 14.2 Å². The first-order valence-corrected chi connectivity index (χ1v) is 21.3. The van der Waals surface area contributed by atoms with E-state index in [1.165, 1.54) is 77.0 Å². The molecule has 0 aromatic carbocycles. The van der Waals surface area contributed by atoms with Crippen molar-refractivity contribution in [3.8, 4) is 0 Å². The number of hydrogen-bond acceptors (Lipinski definition) is 7. The summed E-state index contributed by atoms with van der Waals surface area (Å²) >= 11 is 0. The molecule has 0 aliphatic carbocycles. The third-order valence-electron chi connectivity index (χ3n) is 9.18. The highest BCUT2D eigenvalue weighted by atomic mass is 16.6. The maximum Gasteiger partial charge on any atom is 0.310 e. The molecular formula is C46H79NO7. The Morgan fingerprint density at radius 2 is 1.04 bits per heavy atom. The smallest absolute Gasteiger partial charge is 0.310 e. The zero-order chi connectivity index (χ0) is 40.0. The van der Waals surface area contributed by atoms with E-state index in [-0.39, 0.29) is 43.1 Å². The van der Waals surface area contributed by atoms with E-state index in [9.17, 15) is 19.5 Å². The number of carbonyl (C=O) groups is 3. The second kappa shape index (κ2) is 37.0. The fraction of sp³-hybridized carbons (Fsp3) is 0.717. The quantitative estimate of drug-likeness (QED) is 0.0269. The van der Waals surface area contributed by atoms with Gasteiger partial charge in [0, 0.05) is 12.8 Å². The van der Waals surface area contributed by atoms with Crippen molar-refractivity contribution in [3.63, 3.8) is 0 Å². The van der Waals surface area contributed by atoms with Gasteiger partial charge >= 0.3 is 11.9 Å². The summed E-state index contributed by atoms with van der Waals surface area (Å²) in [4.78, 5) is 36.6. The van der Waals surface area contributed by atoms with Crippen LogP contribution in [0.25, 0.3) is 0 Å². The molecule has 0 saturated heterocycles. The van der Waals surface area contributed by atoms with Crippen LogP contribution in [0, 0.1) is 0 Å². The van der Waals surface area contributed by atoms with Crippen molar-refractivity contribution in [3.05, 3.63) is 60.8 Å². The number of nitrogens with zero attached hydrogens (tertiary/aromatic N) is 1. The molecule has 2 unspecified atom stereocenters. The maximum absolute atomic E-state index is 12.6. The first kappa shape index (κ1) is 51.0. The number of unbranched alkanes of at least 4 members (excludes halogenated alkanes) is 14. The van der Waals surface area contributed by atoms with Crippen LogP contribution in [0.1, 0.15) is 162 Å². The molecule has 0 aliphatic heterocycles. The van der Waals surface area contributed by atoms with Gasteiger partial charge in [-0.2, -0.15) is 0 Å². The highest BCUT2D eigenvalue weighted by Gasteiger charge is 2.25. The van der Waals surface area contributed by atoms with Gasteiger partial charge in [-0.3, -0.25) is 9.59 Å². The minimum Gasteiger partial charge on any atom is -0.544 e. The Bertz CT molecular complexity index is 1070. The Balaban J connectivity index is 4.24. The number of likely N-dealkylation sites (N-methyl/N-ethyl adjacent to an activating group) is 1. The second-order valence-electron chi connectivity index (χ2n) is 15.2. The van der Waals surface area contributed by atoms with E-state index in [0.29, 0.717) is 6.42 Å². The van der Waals surface area contributed by atoms with Crippen LogP contribution in [0.15, 0.2) is 60.8 Å². The Kier molecular flexibility index (Phi) is 34.9. The molecule has 0 saturated carbocycles. The van der Waals surface area contributed by atoms with Crippen molar-refractivity contribution in [2.24, 2.45) is 0 Å². The van der Waals surface area contributed by atoms with E-state index in [1.807, 2.05) is 12.2 Å². The molecule has 8 nitrogen and oxygen atoms in total. The van der Waals surface area contributed by atoms with E-state index in [2.05, 4.69) is 56.4 Å². The van der Waals surface area contributed by atoms with Gasteiger partial charge in [-0.25, -0.2) is 0 Å². The maximum atomic E-state index is 12.6. The fourth-order valence-electron chi connectivity index (χ4n) is 5.94. The molecule has 0 heterocycles. The summed E-state index contributed by atoms with van der Waals surface area (Å²) in [6.07, 6.45) is 44.4. The largest absolute Gasteiger partial charge is 0.544 e. The number of esters is 2. The third-order valence-corrected chi connectivity index (χ3v) is 9.18. The van der Waals surface area contributed by atoms with Crippen molar-refractivity contribution >= 4 is 17.9 Å². The van der Waals surface area contributed by atoms with Crippen molar-refractivity contribution < 1.29 is 38.2 Å². The van der Waals surface area contributed by atoms with Crippen molar-refractivity contribution in [1.82, 2.24) is 0 Å². The van der Waals surface area contributed by atoms with E-state index >= 15 is 0 Å². The van der Waals surface area contributed by atoms with Gasteiger partial charge in [-0.15, -0.1) is 0 Å². The van der Waals surface area contributed by atoms with Crippen LogP contribution in [0.4, 0.5) is 0 Å². The summed E-state index contributed by atoms with van der Waals surface area (Å²) < 4.78 is 17.0. The molecule has 0 rings (SSSR count). The Hall–Kier alpha value is -2.97. The van der Waals surface area contributed by atoms with Crippen molar-refractivity contribution in [1.29, 1.82) is 0 Å². The van der Waals surface area contributed by atoms with Gasteiger partial charge < -0.3 is 28.6 Å². The molecule has 0 aromatic rings. The predicted molar refractivity (Wildman–Crippen MR) is 222 cm³/mol. The summed E-state index contributed by atoms with van der Waals surface area (Å²) in [7, 11) is 5.37. The molecule has 310 valence electrons. The molecule has 0 aromatic heterocycles. The van der Waals surface area contributed by atoms with E-state index in [1.54, 1.807) is 27.2 Å². The lowest BCUT2D eigenvalue weighted by Crippen LogP contribution is -2.55. The van der Waals surface area contributed by atoms with Gasteiger partial charge in [0.05, 0.1) is 46.7 Å². The number of hydrogen-bond donors (Lipinski definition) is 0. The van der Waals surface area contributed by atoms with Gasteiger partial charge in [0.15, 0.2) is 6.10 Å². The number of carboxylic acid groups (broad SMARTS) is 1. The van der Waals surface area contributed by atoms with Crippen molar-refractivity contribution in [2.45, 2.75) is 174 Å². The monoisotopic (exact) mass is 758 g/mol. The average Bonchev–Trinajstić information content (AvgIpc) is 3.12. The number of rotatable bonds is 37. The molecule has 0 fully saturated rings. The van der Waals surface area contributed by atoms with Gasteiger partial charge in [-0.05, 0) is 51.4 Å². The molecule has 0 amide bonds. The molecule has 54 heavy (non-hydrogen) atoms. The second-order valence-corrected chi connectivity index (χ2v) is 15.2. The Labute approximate surface area is 330 Å². The van der Waals surface area contributed by atoms with Crippen molar-refractivity contribution in [2.75, 3.05) is 41.0 Å².